The highest BCUT2D eigenvalue weighted by molar-refractivity contribution is 6.05. The number of halogens is 1. The molecule has 1 aliphatic heterocycles. The van der Waals surface area contributed by atoms with Gasteiger partial charge in [-0.1, -0.05) is 12.1 Å². The van der Waals surface area contributed by atoms with Crippen LogP contribution in [0.15, 0.2) is 41.0 Å². The number of anilines is 1. The van der Waals surface area contributed by atoms with Crippen LogP contribution in [0.3, 0.4) is 0 Å². The Morgan fingerprint density at radius 2 is 2.18 bits per heavy atom. The van der Waals surface area contributed by atoms with E-state index >= 15 is 0 Å². The second-order valence-corrected chi connectivity index (χ2v) is 3.93. The molecule has 86 valence electrons. The first-order chi connectivity index (χ1) is 8.27. The van der Waals surface area contributed by atoms with Gasteiger partial charge in [0, 0.05) is 6.54 Å². The fourth-order valence-corrected chi connectivity index (χ4v) is 2.14. The van der Waals surface area contributed by atoms with Crippen LogP contribution in [0.5, 0.6) is 0 Å². The average Bonchev–Trinajstić information content (AvgIpc) is 2.98. The third-order valence-electron chi connectivity index (χ3n) is 2.92. The van der Waals surface area contributed by atoms with Crippen LogP contribution in [0.2, 0.25) is 0 Å². The number of hydrogen-bond donors (Lipinski definition) is 0. The van der Waals surface area contributed by atoms with Gasteiger partial charge in [0.05, 0.1) is 12.0 Å². The summed E-state index contributed by atoms with van der Waals surface area (Å²) in [5.41, 5.74) is 1.25. The zero-order valence-corrected chi connectivity index (χ0v) is 9.02. The molecular weight excluding hydrogens is 221 g/mol. The summed E-state index contributed by atoms with van der Waals surface area (Å²) in [6, 6.07) is 8.10. The maximum Gasteiger partial charge on any atom is 0.294 e. The zero-order chi connectivity index (χ0) is 11.8. The van der Waals surface area contributed by atoms with E-state index in [0.29, 0.717) is 18.7 Å². The molecule has 0 N–H and O–H groups in total. The van der Waals surface area contributed by atoms with E-state index in [9.17, 15) is 9.18 Å². The van der Waals surface area contributed by atoms with Gasteiger partial charge in [-0.3, -0.25) is 4.79 Å². The number of rotatable bonds is 1. The fraction of sp³-hybridized carbons (Fsp3) is 0.154. The SMILES string of the molecule is O=C(c1ccco1)N1CCc2cccc(F)c21. The fourth-order valence-electron chi connectivity index (χ4n) is 2.14. The minimum absolute atomic E-state index is 0.237. The molecule has 2 aromatic rings. The number of carbonyl (C=O) groups excluding carboxylic acids is 1. The Bertz CT molecular complexity index is 563. The molecule has 1 amide bonds. The van der Waals surface area contributed by atoms with E-state index in [1.54, 1.807) is 18.2 Å². The van der Waals surface area contributed by atoms with E-state index < -0.39 is 0 Å². The molecule has 0 unspecified atom stereocenters. The topological polar surface area (TPSA) is 33.5 Å². The zero-order valence-electron chi connectivity index (χ0n) is 9.02. The van der Waals surface area contributed by atoms with Crippen LogP contribution < -0.4 is 4.90 Å². The van der Waals surface area contributed by atoms with Gasteiger partial charge >= 0.3 is 0 Å². The molecule has 0 aliphatic carbocycles. The molecule has 17 heavy (non-hydrogen) atoms. The highest BCUT2D eigenvalue weighted by atomic mass is 19.1. The van der Waals surface area contributed by atoms with E-state index in [1.165, 1.54) is 17.2 Å². The van der Waals surface area contributed by atoms with Crippen molar-refractivity contribution in [3.63, 3.8) is 0 Å². The van der Waals surface area contributed by atoms with Crippen molar-refractivity contribution in [3.8, 4) is 0 Å². The van der Waals surface area contributed by atoms with Crippen molar-refractivity contribution < 1.29 is 13.6 Å². The number of nitrogens with zero attached hydrogens (tertiary/aromatic N) is 1. The van der Waals surface area contributed by atoms with Crippen LogP contribution in [-0.4, -0.2) is 12.5 Å². The van der Waals surface area contributed by atoms with Gasteiger partial charge in [0.15, 0.2) is 5.76 Å². The molecule has 1 aromatic carbocycles. The van der Waals surface area contributed by atoms with Crippen molar-refractivity contribution in [2.75, 3.05) is 11.4 Å². The summed E-state index contributed by atoms with van der Waals surface area (Å²) in [5, 5.41) is 0. The molecule has 1 aromatic heterocycles. The molecule has 0 saturated heterocycles. The number of fused-ring (bicyclic) bond motifs is 1. The molecule has 3 rings (SSSR count). The van der Waals surface area contributed by atoms with Gasteiger partial charge in [-0.2, -0.15) is 0 Å². The smallest absolute Gasteiger partial charge is 0.294 e. The highest BCUT2D eigenvalue weighted by Crippen LogP contribution is 2.31. The number of para-hydroxylation sites is 1. The van der Waals surface area contributed by atoms with Crippen LogP contribution >= 0.6 is 0 Å². The van der Waals surface area contributed by atoms with Crippen molar-refractivity contribution in [3.05, 3.63) is 53.7 Å². The normalized spacial score (nSPS) is 13.8. The van der Waals surface area contributed by atoms with Gasteiger partial charge in [0.1, 0.15) is 5.82 Å². The minimum atomic E-state index is -0.361. The third kappa shape index (κ3) is 1.53. The summed E-state index contributed by atoms with van der Waals surface area (Å²) in [7, 11) is 0. The maximum absolute atomic E-state index is 13.7. The predicted molar refractivity (Wildman–Crippen MR) is 60.5 cm³/mol. The summed E-state index contributed by atoms with van der Waals surface area (Å²) in [5.74, 6) is -0.417. The van der Waals surface area contributed by atoms with Gasteiger partial charge in [0.25, 0.3) is 5.91 Å². The van der Waals surface area contributed by atoms with Crippen molar-refractivity contribution in [1.82, 2.24) is 0 Å². The lowest BCUT2D eigenvalue weighted by atomic mass is 10.1. The maximum atomic E-state index is 13.7. The molecule has 2 heterocycles. The van der Waals surface area contributed by atoms with Crippen molar-refractivity contribution in [2.45, 2.75) is 6.42 Å². The first kappa shape index (κ1) is 10.1. The highest BCUT2D eigenvalue weighted by Gasteiger charge is 2.29. The largest absolute Gasteiger partial charge is 0.459 e. The van der Waals surface area contributed by atoms with E-state index in [1.807, 2.05) is 6.07 Å². The number of amides is 1. The second-order valence-electron chi connectivity index (χ2n) is 3.93. The quantitative estimate of drug-likeness (QED) is 0.755. The summed E-state index contributed by atoms with van der Waals surface area (Å²) < 4.78 is 18.8. The predicted octanol–water partition coefficient (Wildman–Crippen LogP) is 2.62. The summed E-state index contributed by atoms with van der Waals surface area (Å²) in [4.78, 5) is 13.5. The Kier molecular flexibility index (Phi) is 2.21. The lowest BCUT2D eigenvalue weighted by molar-refractivity contribution is 0.0962. The van der Waals surface area contributed by atoms with Gasteiger partial charge < -0.3 is 9.32 Å². The molecule has 0 fully saturated rings. The number of hydrogen-bond acceptors (Lipinski definition) is 2. The molecule has 0 atom stereocenters. The van der Waals surface area contributed by atoms with Gasteiger partial charge in [-0.05, 0) is 30.2 Å². The molecule has 4 heteroatoms. The van der Waals surface area contributed by atoms with Crippen LogP contribution in [0.1, 0.15) is 16.1 Å². The lowest BCUT2D eigenvalue weighted by Crippen LogP contribution is -2.29. The standard InChI is InChI=1S/C13H10FNO2/c14-10-4-1-3-9-6-7-15(12(9)10)13(16)11-5-2-8-17-11/h1-5,8H,6-7H2. The van der Waals surface area contributed by atoms with E-state index in [4.69, 9.17) is 4.42 Å². The van der Waals surface area contributed by atoms with Crippen molar-refractivity contribution in [2.24, 2.45) is 0 Å². The molecule has 0 spiro atoms. The van der Waals surface area contributed by atoms with Crippen molar-refractivity contribution in [1.29, 1.82) is 0 Å². The first-order valence-corrected chi connectivity index (χ1v) is 5.40. The Morgan fingerprint density at radius 3 is 2.94 bits per heavy atom. The van der Waals surface area contributed by atoms with E-state index in [2.05, 4.69) is 0 Å². The summed E-state index contributed by atoms with van der Waals surface area (Å²) in [6.07, 6.45) is 2.12. The lowest BCUT2D eigenvalue weighted by Gasteiger charge is -2.16. The molecule has 0 saturated carbocycles. The molecular formula is C13H10FNO2. The third-order valence-corrected chi connectivity index (χ3v) is 2.92. The second kappa shape index (κ2) is 3.73. The minimum Gasteiger partial charge on any atom is -0.459 e. The summed E-state index contributed by atoms with van der Waals surface area (Å²) in [6.45, 7) is 0.496. The van der Waals surface area contributed by atoms with E-state index in [0.717, 1.165) is 5.56 Å². The Hall–Kier alpha value is -2.10. The van der Waals surface area contributed by atoms with Crippen LogP contribution in [-0.2, 0) is 6.42 Å². The number of furan rings is 1. The summed E-state index contributed by atoms with van der Waals surface area (Å²) >= 11 is 0. The molecule has 3 nitrogen and oxygen atoms in total. The first-order valence-electron chi connectivity index (χ1n) is 5.40. The Morgan fingerprint density at radius 1 is 1.29 bits per heavy atom. The average molecular weight is 231 g/mol. The molecule has 0 bridgehead atoms. The Balaban J connectivity index is 2.02. The van der Waals surface area contributed by atoms with Crippen molar-refractivity contribution >= 4 is 11.6 Å². The van der Waals surface area contributed by atoms with Crippen LogP contribution in [0, 0.1) is 5.82 Å². The molecule has 1 aliphatic rings. The molecule has 0 radical (unpaired) electrons. The van der Waals surface area contributed by atoms with E-state index in [-0.39, 0.29) is 17.5 Å². The van der Waals surface area contributed by atoms with Gasteiger partial charge in [-0.25, -0.2) is 4.39 Å². The van der Waals surface area contributed by atoms with Crippen LogP contribution in [0.4, 0.5) is 10.1 Å². The number of benzene rings is 1. The monoisotopic (exact) mass is 231 g/mol. The van der Waals surface area contributed by atoms with Gasteiger partial charge in [0.2, 0.25) is 0 Å². The van der Waals surface area contributed by atoms with Gasteiger partial charge in [-0.15, -0.1) is 0 Å². The number of carbonyl (C=O) groups is 1. The Labute approximate surface area is 97.5 Å². The van der Waals surface area contributed by atoms with Crippen LogP contribution in [0.25, 0.3) is 0 Å².